The Kier molecular flexibility index (Phi) is 6.20. The molecule has 144 valence electrons. The van der Waals surface area contributed by atoms with Crippen LogP contribution in [-0.2, 0) is 11.3 Å². The number of hydrogen-bond donors (Lipinski definition) is 1. The predicted octanol–water partition coefficient (Wildman–Crippen LogP) is 3.30. The zero-order chi connectivity index (χ0) is 19.4. The molecule has 0 bridgehead atoms. The van der Waals surface area contributed by atoms with Crippen molar-refractivity contribution in [3.63, 3.8) is 0 Å². The van der Waals surface area contributed by atoms with Crippen molar-refractivity contribution in [1.29, 1.82) is 0 Å². The fourth-order valence-electron chi connectivity index (χ4n) is 3.49. The van der Waals surface area contributed by atoms with Crippen LogP contribution in [0.25, 0.3) is 10.4 Å². The van der Waals surface area contributed by atoms with Crippen LogP contribution in [0.1, 0.15) is 18.2 Å². The summed E-state index contributed by atoms with van der Waals surface area (Å²) in [6.07, 6.45) is 0.611. The number of para-hydroxylation sites is 1. The fourth-order valence-corrected chi connectivity index (χ4v) is 4.58. The van der Waals surface area contributed by atoms with Gasteiger partial charge in [-0.25, -0.2) is 0 Å². The summed E-state index contributed by atoms with van der Waals surface area (Å²) in [6.45, 7) is 5.81. The maximum Gasteiger partial charge on any atom is 0.320 e. The van der Waals surface area contributed by atoms with Gasteiger partial charge in [-0.15, -0.1) is 11.3 Å². The number of carboxylic acid groups (broad SMARTS) is 1. The molecule has 1 saturated heterocycles. The van der Waals surface area contributed by atoms with Crippen molar-refractivity contribution in [2.45, 2.75) is 25.9 Å². The number of thiophene rings is 1. The Morgan fingerprint density at radius 1 is 1.22 bits per heavy atom. The molecule has 2 aromatic rings. The molecule has 1 N–H and O–H groups in total. The molecule has 2 heterocycles. The maximum absolute atomic E-state index is 11.3. The van der Waals surface area contributed by atoms with Crippen molar-refractivity contribution in [2.75, 3.05) is 26.2 Å². The van der Waals surface area contributed by atoms with E-state index in [-0.39, 0.29) is 10.6 Å². The number of nitro benzene ring substituents is 1. The molecule has 0 radical (unpaired) electrons. The van der Waals surface area contributed by atoms with E-state index in [1.807, 2.05) is 30.0 Å². The number of aliphatic carboxylic acids is 1. The Balaban J connectivity index is 1.63. The van der Waals surface area contributed by atoms with Gasteiger partial charge in [0.25, 0.3) is 5.69 Å². The first-order valence-electron chi connectivity index (χ1n) is 9.01. The highest BCUT2D eigenvalue weighted by Crippen LogP contribution is 2.35. The van der Waals surface area contributed by atoms with Gasteiger partial charge >= 0.3 is 5.97 Å². The van der Waals surface area contributed by atoms with E-state index in [0.717, 1.165) is 42.5 Å². The molecule has 1 atom stereocenters. The molecule has 7 nitrogen and oxygen atoms in total. The van der Waals surface area contributed by atoms with Crippen LogP contribution in [0.15, 0.2) is 36.4 Å². The summed E-state index contributed by atoms with van der Waals surface area (Å²) in [6, 6.07) is 10.4. The Morgan fingerprint density at radius 2 is 1.93 bits per heavy atom. The minimum Gasteiger partial charge on any atom is -0.480 e. The summed E-state index contributed by atoms with van der Waals surface area (Å²) in [5, 5.41) is 20.5. The molecular formula is C19H23N3O4S. The molecule has 27 heavy (non-hydrogen) atoms. The van der Waals surface area contributed by atoms with Gasteiger partial charge in [0.05, 0.1) is 10.5 Å². The smallest absolute Gasteiger partial charge is 0.320 e. The third kappa shape index (κ3) is 4.52. The molecule has 1 unspecified atom stereocenters. The molecule has 0 spiro atoms. The highest BCUT2D eigenvalue weighted by Gasteiger charge is 2.27. The molecule has 1 fully saturated rings. The van der Waals surface area contributed by atoms with Crippen LogP contribution in [0.3, 0.4) is 0 Å². The molecule has 0 aliphatic carbocycles. The molecule has 8 heteroatoms. The van der Waals surface area contributed by atoms with Crippen molar-refractivity contribution in [1.82, 2.24) is 9.80 Å². The number of nitro groups is 1. The van der Waals surface area contributed by atoms with Gasteiger partial charge in [0.1, 0.15) is 6.04 Å². The number of hydrogen-bond acceptors (Lipinski definition) is 6. The molecule has 1 aliphatic rings. The average molecular weight is 389 g/mol. The minimum absolute atomic E-state index is 0.124. The summed E-state index contributed by atoms with van der Waals surface area (Å²) in [4.78, 5) is 28.6. The van der Waals surface area contributed by atoms with E-state index in [1.165, 1.54) is 6.07 Å². The minimum atomic E-state index is -0.752. The van der Waals surface area contributed by atoms with Gasteiger partial charge in [0.2, 0.25) is 0 Å². The van der Waals surface area contributed by atoms with Crippen LogP contribution >= 0.6 is 11.3 Å². The molecule has 1 aromatic carbocycles. The topological polar surface area (TPSA) is 86.9 Å². The van der Waals surface area contributed by atoms with Gasteiger partial charge in [-0.05, 0) is 24.6 Å². The number of benzene rings is 1. The summed E-state index contributed by atoms with van der Waals surface area (Å²) in [5.41, 5.74) is 0.773. The molecule has 0 amide bonds. The van der Waals surface area contributed by atoms with Gasteiger partial charge < -0.3 is 5.11 Å². The van der Waals surface area contributed by atoms with E-state index in [1.54, 1.807) is 23.5 Å². The second kappa shape index (κ2) is 8.60. The third-order valence-electron chi connectivity index (χ3n) is 4.93. The Hall–Kier alpha value is -2.29. The van der Waals surface area contributed by atoms with E-state index < -0.39 is 12.0 Å². The highest BCUT2D eigenvalue weighted by molar-refractivity contribution is 7.15. The highest BCUT2D eigenvalue weighted by atomic mass is 32.1. The number of piperazine rings is 1. The first-order valence-corrected chi connectivity index (χ1v) is 9.83. The van der Waals surface area contributed by atoms with Crippen molar-refractivity contribution in [2.24, 2.45) is 0 Å². The van der Waals surface area contributed by atoms with Crippen LogP contribution in [0.2, 0.25) is 0 Å². The van der Waals surface area contributed by atoms with E-state index in [4.69, 9.17) is 0 Å². The summed E-state index contributed by atoms with van der Waals surface area (Å²) < 4.78 is 0. The van der Waals surface area contributed by atoms with Crippen LogP contribution in [0.5, 0.6) is 0 Å². The van der Waals surface area contributed by atoms with Crippen LogP contribution in [-0.4, -0.2) is 58.0 Å². The number of carboxylic acids is 1. The molecular weight excluding hydrogens is 366 g/mol. The van der Waals surface area contributed by atoms with E-state index in [2.05, 4.69) is 4.90 Å². The second-order valence-electron chi connectivity index (χ2n) is 6.61. The lowest BCUT2D eigenvalue weighted by Gasteiger charge is -2.37. The summed E-state index contributed by atoms with van der Waals surface area (Å²) in [5.74, 6) is -0.752. The van der Waals surface area contributed by atoms with Crippen molar-refractivity contribution in [3.8, 4) is 10.4 Å². The van der Waals surface area contributed by atoms with Gasteiger partial charge in [-0.1, -0.05) is 19.1 Å². The standard InChI is InChI=1S/C19H23N3O4S/c1-2-16(19(23)24)21-11-9-20(10-12-21)13-14-7-8-18(27-14)15-5-3-4-6-17(15)22(25)26/h3-8,16H,2,9-13H2,1H3,(H,23,24). The number of nitrogens with zero attached hydrogens (tertiary/aromatic N) is 3. The SMILES string of the molecule is CCC(C(=O)O)N1CCN(Cc2ccc(-c3ccccc3[N+](=O)[O-])s2)CC1. The van der Waals surface area contributed by atoms with Crippen LogP contribution in [0.4, 0.5) is 5.69 Å². The van der Waals surface area contributed by atoms with Crippen LogP contribution < -0.4 is 0 Å². The molecule has 1 aromatic heterocycles. The summed E-state index contributed by atoms with van der Waals surface area (Å²) >= 11 is 1.57. The second-order valence-corrected chi connectivity index (χ2v) is 7.78. The van der Waals surface area contributed by atoms with Crippen molar-refractivity contribution >= 4 is 23.0 Å². The number of carbonyl (C=O) groups is 1. The van der Waals surface area contributed by atoms with Crippen molar-refractivity contribution < 1.29 is 14.8 Å². The van der Waals surface area contributed by atoms with E-state index in [9.17, 15) is 20.0 Å². The molecule has 3 rings (SSSR count). The molecule has 0 saturated carbocycles. The maximum atomic E-state index is 11.3. The van der Waals surface area contributed by atoms with Crippen molar-refractivity contribution in [3.05, 3.63) is 51.4 Å². The zero-order valence-corrected chi connectivity index (χ0v) is 16.0. The first-order chi connectivity index (χ1) is 13.0. The molecule has 1 aliphatic heterocycles. The van der Waals surface area contributed by atoms with Gasteiger partial charge in [0, 0.05) is 48.5 Å². The van der Waals surface area contributed by atoms with Gasteiger partial charge in [0.15, 0.2) is 0 Å². The fraction of sp³-hybridized carbons (Fsp3) is 0.421. The van der Waals surface area contributed by atoms with Crippen LogP contribution in [0, 0.1) is 10.1 Å². The Labute approximate surface area is 162 Å². The zero-order valence-electron chi connectivity index (χ0n) is 15.2. The van der Waals surface area contributed by atoms with E-state index in [0.29, 0.717) is 12.0 Å². The van der Waals surface area contributed by atoms with E-state index >= 15 is 0 Å². The average Bonchev–Trinajstić information content (AvgIpc) is 3.12. The lowest BCUT2D eigenvalue weighted by atomic mass is 10.1. The lowest BCUT2D eigenvalue weighted by Crippen LogP contribution is -2.52. The largest absolute Gasteiger partial charge is 0.480 e. The number of rotatable bonds is 7. The first kappa shape index (κ1) is 19.5. The van der Waals surface area contributed by atoms with Gasteiger partial charge in [-0.3, -0.25) is 24.7 Å². The summed E-state index contributed by atoms with van der Waals surface area (Å²) in [7, 11) is 0. The van der Waals surface area contributed by atoms with Gasteiger partial charge in [-0.2, -0.15) is 0 Å². The monoisotopic (exact) mass is 389 g/mol. The predicted molar refractivity (Wildman–Crippen MR) is 105 cm³/mol. The Morgan fingerprint density at radius 3 is 2.56 bits per heavy atom. The lowest BCUT2D eigenvalue weighted by molar-refractivity contribution is -0.384. The quantitative estimate of drug-likeness (QED) is 0.577. The third-order valence-corrected chi connectivity index (χ3v) is 6.03. The Bertz CT molecular complexity index is 815. The normalized spacial score (nSPS) is 16.9.